The van der Waals surface area contributed by atoms with Crippen LogP contribution in [0.2, 0.25) is 0 Å². The average molecular weight is 247 g/mol. The van der Waals surface area contributed by atoms with Crippen molar-refractivity contribution in [3.63, 3.8) is 0 Å². The smallest absolute Gasteiger partial charge is 0.249 e. The topological polar surface area (TPSA) is 68.0 Å². The number of nitrogens with zero attached hydrogens (tertiary/aromatic N) is 1. The van der Waals surface area contributed by atoms with E-state index in [2.05, 4.69) is 10.3 Å². The van der Waals surface area contributed by atoms with E-state index >= 15 is 0 Å². The molecule has 3 N–H and O–H groups in total. The fraction of sp³-hybridized carbons (Fsp3) is 0.167. The molecule has 0 saturated carbocycles. The zero-order valence-corrected chi connectivity index (χ0v) is 10.0. The number of thiazole rings is 1. The summed E-state index contributed by atoms with van der Waals surface area (Å²) in [5.74, 6) is -0.393. The number of benzene rings is 1. The summed E-state index contributed by atoms with van der Waals surface area (Å²) < 4.78 is 0. The summed E-state index contributed by atoms with van der Waals surface area (Å²) in [5.41, 5.74) is 9.59. The summed E-state index contributed by atoms with van der Waals surface area (Å²) in [4.78, 5) is 15.4. The summed E-state index contributed by atoms with van der Waals surface area (Å²) >= 11 is 1.57. The van der Waals surface area contributed by atoms with E-state index in [1.165, 1.54) is 0 Å². The van der Waals surface area contributed by atoms with Crippen LogP contribution in [0.1, 0.15) is 21.6 Å². The highest BCUT2D eigenvalue weighted by atomic mass is 32.1. The number of amides is 1. The van der Waals surface area contributed by atoms with Crippen LogP contribution in [0.15, 0.2) is 35.2 Å². The Morgan fingerprint density at radius 2 is 2.18 bits per heavy atom. The Hall–Kier alpha value is -1.72. The Morgan fingerprint density at radius 1 is 1.35 bits per heavy atom. The second-order valence-corrected chi connectivity index (χ2v) is 4.32. The Bertz CT molecular complexity index is 496. The maximum Gasteiger partial charge on any atom is 0.249 e. The fourth-order valence-electron chi connectivity index (χ4n) is 1.56. The lowest BCUT2D eigenvalue weighted by Crippen LogP contribution is -2.18. The Kier molecular flexibility index (Phi) is 3.85. The van der Waals surface area contributed by atoms with E-state index in [4.69, 9.17) is 5.73 Å². The van der Waals surface area contributed by atoms with Gasteiger partial charge in [0, 0.05) is 24.0 Å². The predicted octanol–water partition coefficient (Wildman–Crippen LogP) is 1.53. The number of rotatable bonds is 5. The van der Waals surface area contributed by atoms with Gasteiger partial charge in [-0.2, -0.15) is 0 Å². The molecule has 0 aliphatic rings. The molecule has 1 aromatic carbocycles. The zero-order valence-electron chi connectivity index (χ0n) is 9.22. The molecule has 0 aliphatic carbocycles. The van der Waals surface area contributed by atoms with Gasteiger partial charge in [0.1, 0.15) is 0 Å². The Balaban J connectivity index is 1.97. The van der Waals surface area contributed by atoms with Gasteiger partial charge in [-0.05, 0) is 11.6 Å². The van der Waals surface area contributed by atoms with Crippen molar-refractivity contribution in [1.29, 1.82) is 0 Å². The summed E-state index contributed by atoms with van der Waals surface area (Å²) in [6.07, 6.45) is 0. The molecule has 5 heteroatoms. The van der Waals surface area contributed by atoms with Gasteiger partial charge in [-0.25, -0.2) is 4.98 Å². The van der Waals surface area contributed by atoms with Crippen LogP contribution in [0.25, 0.3) is 0 Å². The van der Waals surface area contributed by atoms with E-state index in [0.717, 1.165) is 11.3 Å². The average Bonchev–Trinajstić information content (AvgIpc) is 2.82. The molecule has 0 atom stereocenters. The van der Waals surface area contributed by atoms with Gasteiger partial charge in [-0.15, -0.1) is 11.3 Å². The molecule has 88 valence electrons. The monoisotopic (exact) mass is 247 g/mol. The normalized spacial score (nSPS) is 10.4. The standard InChI is InChI=1S/C12H13N3OS/c13-12(16)11-4-2-1-3-9(11)5-14-6-10-7-17-8-15-10/h1-4,7-8,14H,5-6H2,(H2,13,16). The lowest BCUT2D eigenvalue weighted by molar-refractivity contribution is 0.0999. The van der Waals surface area contributed by atoms with Gasteiger partial charge in [0.05, 0.1) is 11.2 Å². The minimum atomic E-state index is -0.393. The molecule has 4 nitrogen and oxygen atoms in total. The molecular formula is C12H13N3OS. The molecule has 0 bridgehead atoms. The lowest BCUT2D eigenvalue weighted by Gasteiger charge is -2.07. The van der Waals surface area contributed by atoms with Crippen molar-refractivity contribution < 1.29 is 4.79 Å². The maximum atomic E-state index is 11.2. The Morgan fingerprint density at radius 3 is 2.88 bits per heavy atom. The van der Waals surface area contributed by atoms with E-state index in [-0.39, 0.29) is 0 Å². The highest BCUT2D eigenvalue weighted by molar-refractivity contribution is 7.07. The third-order valence-electron chi connectivity index (χ3n) is 2.39. The molecule has 0 unspecified atom stereocenters. The summed E-state index contributed by atoms with van der Waals surface area (Å²) in [5, 5.41) is 5.23. The number of hydrogen-bond acceptors (Lipinski definition) is 4. The van der Waals surface area contributed by atoms with Crippen LogP contribution in [0.3, 0.4) is 0 Å². The first kappa shape index (κ1) is 11.8. The van der Waals surface area contributed by atoms with Crippen molar-refractivity contribution in [1.82, 2.24) is 10.3 Å². The van der Waals surface area contributed by atoms with E-state index in [1.54, 1.807) is 22.9 Å². The van der Waals surface area contributed by atoms with Crippen molar-refractivity contribution >= 4 is 17.2 Å². The van der Waals surface area contributed by atoms with Crippen molar-refractivity contribution in [3.05, 3.63) is 52.0 Å². The number of nitrogens with one attached hydrogen (secondary N) is 1. The third-order valence-corrected chi connectivity index (χ3v) is 3.02. The SMILES string of the molecule is NC(=O)c1ccccc1CNCc1cscn1. The number of nitrogens with two attached hydrogens (primary N) is 1. The molecular weight excluding hydrogens is 234 g/mol. The highest BCUT2D eigenvalue weighted by Gasteiger charge is 2.06. The van der Waals surface area contributed by atoms with Gasteiger partial charge in [0.2, 0.25) is 5.91 Å². The number of carbonyl (C=O) groups excluding carboxylic acids is 1. The summed E-state index contributed by atoms with van der Waals surface area (Å²) in [6.45, 7) is 1.30. The van der Waals surface area contributed by atoms with E-state index < -0.39 is 5.91 Å². The van der Waals surface area contributed by atoms with Crippen LogP contribution in [-0.4, -0.2) is 10.9 Å². The molecule has 2 rings (SSSR count). The molecule has 0 radical (unpaired) electrons. The highest BCUT2D eigenvalue weighted by Crippen LogP contribution is 2.08. The van der Waals surface area contributed by atoms with Crippen molar-refractivity contribution in [2.24, 2.45) is 5.73 Å². The second-order valence-electron chi connectivity index (χ2n) is 3.60. The molecule has 1 amide bonds. The molecule has 1 aromatic heterocycles. The predicted molar refractivity (Wildman–Crippen MR) is 67.6 cm³/mol. The molecule has 0 aliphatic heterocycles. The molecule has 0 fully saturated rings. The minimum absolute atomic E-state index is 0.393. The van der Waals surface area contributed by atoms with Crippen LogP contribution in [0.5, 0.6) is 0 Å². The summed E-state index contributed by atoms with van der Waals surface area (Å²) in [6, 6.07) is 7.34. The van der Waals surface area contributed by atoms with Gasteiger partial charge in [-0.3, -0.25) is 4.79 Å². The van der Waals surface area contributed by atoms with Gasteiger partial charge >= 0.3 is 0 Å². The van der Waals surface area contributed by atoms with Gasteiger partial charge in [0.25, 0.3) is 0 Å². The quantitative estimate of drug-likeness (QED) is 0.842. The van der Waals surface area contributed by atoms with Crippen molar-refractivity contribution in [2.75, 3.05) is 0 Å². The Labute approximate surface area is 103 Å². The van der Waals surface area contributed by atoms with Crippen LogP contribution >= 0.6 is 11.3 Å². The number of aromatic nitrogens is 1. The van der Waals surface area contributed by atoms with Crippen LogP contribution in [-0.2, 0) is 13.1 Å². The molecule has 2 aromatic rings. The number of hydrogen-bond donors (Lipinski definition) is 2. The van der Waals surface area contributed by atoms with Crippen LogP contribution < -0.4 is 11.1 Å². The molecule has 17 heavy (non-hydrogen) atoms. The molecule has 0 saturated heterocycles. The zero-order chi connectivity index (χ0) is 12.1. The van der Waals surface area contributed by atoms with E-state index in [9.17, 15) is 4.79 Å². The van der Waals surface area contributed by atoms with Crippen molar-refractivity contribution in [3.8, 4) is 0 Å². The molecule has 1 heterocycles. The first-order valence-electron chi connectivity index (χ1n) is 5.23. The van der Waals surface area contributed by atoms with Crippen LogP contribution in [0.4, 0.5) is 0 Å². The van der Waals surface area contributed by atoms with Gasteiger partial charge in [-0.1, -0.05) is 18.2 Å². The van der Waals surface area contributed by atoms with E-state index in [1.807, 2.05) is 23.6 Å². The van der Waals surface area contributed by atoms with Gasteiger partial charge in [0.15, 0.2) is 0 Å². The first-order chi connectivity index (χ1) is 8.27. The van der Waals surface area contributed by atoms with Crippen LogP contribution in [0, 0.1) is 0 Å². The number of primary amides is 1. The molecule has 0 spiro atoms. The summed E-state index contributed by atoms with van der Waals surface area (Å²) in [7, 11) is 0. The maximum absolute atomic E-state index is 11.2. The third kappa shape index (κ3) is 3.12. The largest absolute Gasteiger partial charge is 0.366 e. The fourth-order valence-corrected chi connectivity index (χ4v) is 2.12. The van der Waals surface area contributed by atoms with Gasteiger partial charge < -0.3 is 11.1 Å². The van der Waals surface area contributed by atoms with E-state index in [0.29, 0.717) is 18.7 Å². The van der Waals surface area contributed by atoms with Crippen molar-refractivity contribution in [2.45, 2.75) is 13.1 Å². The first-order valence-corrected chi connectivity index (χ1v) is 6.17. The lowest BCUT2D eigenvalue weighted by atomic mass is 10.1. The minimum Gasteiger partial charge on any atom is -0.366 e. The second kappa shape index (κ2) is 5.56. The number of carbonyl (C=O) groups is 1.